The van der Waals surface area contributed by atoms with Crippen LogP contribution in [0.2, 0.25) is 5.02 Å². The number of nitrogens with zero attached hydrogens (tertiary/aromatic N) is 1. The third kappa shape index (κ3) is 5.13. The molecule has 0 aliphatic carbocycles. The molecule has 0 saturated carbocycles. The summed E-state index contributed by atoms with van der Waals surface area (Å²) in [4.78, 5) is 12.6. The molecule has 29 heavy (non-hydrogen) atoms. The van der Waals surface area contributed by atoms with Gasteiger partial charge in [-0.25, -0.2) is 12.8 Å². The zero-order chi connectivity index (χ0) is 21.0. The standard InChI is InChI=1S/C21H18ClFN2O3S/c1-15-5-11-20(12-6-15)29(27,28)25(19-4-2-3-16(22)13-19)14-21(26)24-18-9-7-17(23)8-10-18/h2-13H,14H2,1H3,(H,24,26). The molecule has 0 bridgehead atoms. The van der Waals surface area contributed by atoms with E-state index in [1.807, 2.05) is 6.92 Å². The summed E-state index contributed by atoms with van der Waals surface area (Å²) in [5.41, 5.74) is 1.52. The highest BCUT2D eigenvalue weighted by molar-refractivity contribution is 7.92. The Hall–Kier alpha value is -2.90. The van der Waals surface area contributed by atoms with Crippen molar-refractivity contribution in [2.24, 2.45) is 0 Å². The van der Waals surface area contributed by atoms with Gasteiger partial charge in [0.25, 0.3) is 10.0 Å². The molecule has 1 amide bonds. The molecule has 0 aromatic heterocycles. The van der Waals surface area contributed by atoms with Gasteiger partial charge in [-0.3, -0.25) is 9.10 Å². The minimum atomic E-state index is -4.03. The molecule has 3 aromatic rings. The van der Waals surface area contributed by atoms with Crippen LogP contribution in [0.5, 0.6) is 0 Å². The van der Waals surface area contributed by atoms with Gasteiger partial charge in [-0.1, -0.05) is 35.4 Å². The van der Waals surface area contributed by atoms with Crippen LogP contribution >= 0.6 is 11.6 Å². The Morgan fingerprint density at radius 3 is 2.31 bits per heavy atom. The van der Waals surface area contributed by atoms with Crippen molar-refractivity contribution < 1.29 is 17.6 Å². The van der Waals surface area contributed by atoms with E-state index in [0.29, 0.717) is 10.7 Å². The van der Waals surface area contributed by atoms with Gasteiger partial charge in [0.05, 0.1) is 10.6 Å². The highest BCUT2D eigenvalue weighted by Gasteiger charge is 2.27. The Kier molecular flexibility index (Phi) is 6.20. The number of halogens is 2. The average Bonchev–Trinajstić information content (AvgIpc) is 2.68. The number of rotatable bonds is 6. The van der Waals surface area contributed by atoms with Crippen LogP contribution in [-0.4, -0.2) is 20.9 Å². The Bertz CT molecular complexity index is 1120. The van der Waals surface area contributed by atoms with Gasteiger partial charge >= 0.3 is 0 Å². The molecule has 0 atom stereocenters. The minimum Gasteiger partial charge on any atom is -0.325 e. The predicted molar refractivity (Wildman–Crippen MR) is 112 cm³/mol. The average molecular weight is 433 g/mol. The summed E-state index contributed by atoms with van der Waals surface area (Å²) < 4.78 is 40.5. The number of nitrogens with one attached hydrogen (secondary N) is 1. The van der Waals surface area contributed by atoms with Crippen molar-refractivity contribution in [2.45, 2.75) is 11.8 Å². The van der Waals surface area contributed by atoms with Crippen LogP contribution in [0.15, 0.2) is 77.7 Å². The van der Waals surface area contributed by atoms with Crippen LogP contribution < -0.4 is 9.62 Å². The largest absolute Gasteiger partial charge is 0.325 e. The molecule has 5 nitrogen and oxygen atoms in total. The van der Waals surface area contributed by atoms with Crippen LogP contribution in [0, 0.1) is 12.7 Å². The first-order valence-electron chi connectivity index (χ1n) is 8.66. The second-order valence-electron chi connectivity index (χ2n) is 6.36. The first-order valence-corrected chi connectivity index (χ1v) is 10.5. The molecule has 3 rings (SSSR count). The van der Waals surface area contributed by atoms with Crippen molar-refractivity contribution in [3.8, 4) is 0 Å². The number of carbonyl (C=O) groups is 1. The maximum Gasteiger partial charge on any atom is 0.264 e. The molecule has 1 N–H and O–H groups in total. The van der Waals surface area contributed by atoms with Crippen LogP contribution in [0.4, 0.5) is 15.8 Å². The number of carbonyl (C=O) groups excluding carboxylic acids is 1. The third-order valence-corrected chi connectivity index (χ3v) is 6.14. The quantitative estimate of drug-likeness (QED) is 0.618. The zero-order valence-corrected chi connectivity index (χ0v) is 17.0. The van der Waals surface area contributed by atoms with E-state index in [-0.39, 0.29) is 10.6 Å². The molecule has 0 unspecified atom stereocenters. The summed E-state index contributed by atoms with van der Waals surface area (Å²) in [6.45, 7) is 1.37. The Morgan fingerprint density at radius 2 is 1.69 bits per heavy atom. The van der Waals surface area contributed by atoms with Crippen LogP contribution in [0.25, 0.3) is 0 Å². The fourth-order valence-electron chi connectivity index (χ4n) is 2.65. The van der Waals surface area contributed by atoms with Crippen LogP contribution in [0.3, 0.4) is 0 Å². The highest BCUT2D eigenvalue weighted by Crippen LogP contribution is 2.26. The molecule has 0 aliphatic heterocycles. The van der Waals surface area contributed by atoms with Crippen molar-refractivity contribution in [1.29, 1.82) is 0 Å². The minimum absolute atomic E-state index is 0.0534. The topological polar surface area (TPSA) is 66.5 Å². The van der Waals surface area contributed by atoms with E-state index in [4.69, 9.17) is 11.6 Å². The molecular formula is C21H18ClFN2O3S. The van der Waals surface area contributed by atoms with E-state index in [1.165, 1.54) is 42.5 Å². The van der Waals surface area contributed by atoms with Gasteiger partial charge < -0.3 is 5.32 Å². The molecular weight excluding hydrogens is 415 g/mol. The Morgan fingerprint density at radius 1 is 1.03 bits per heavy atom. The van der Waals surface area contributed by atoms with Crippen molar-refractivity contribution in [3.63, 3.8) is 0 Å². The van der Waals surface area contributed by atoms with Gasteiger partial charge in [0.1, 0.15) is 12.4 Å². The monoisotopic (exact) mass is 432 g/mol. The number of hydrogen-bond donors (Lipinski definition) is 1. The van der Waals surface area contributed by atoms with E-state index < -0.39 is 28.3 Å². The SMILES string of the molecule is Cc1ccc(S(=O)(=O)N(CC(=O)Nc2ccc(F)cc2)c2cccc(Cl)c2)cc1. The number of hydrogen-bond acceptors (Lipinski definition) is 3. The fourth-order valence-corrected chi connectivity index (χ4v) is 4.25. The van der Waals surface area contributed by atoms with Crippen molar-refractivity contribution in [3.05, 3.63) is 89.2 Å². The maximum atomic E-state index is 13.2. The molecule has 0 spiro atoms. The first kappa shape index (κ1) is 20.8. The van der Waals surface area contributed by atoms with E-state index in [0.717, 1.165) is 9.87 Å². The number of amides is 1. The predicted octanol–water partition coefficient (Wildman–Crippen LogP) is 4.62. The van der Waals surface area contributed by atoms with Gasteiger partial charge in [0.2, 0.25) is 5.91 Å². The number of benzene rings is 3. The van der Waals surface area contributed by atoms with E-state index in [9.17, 15) is 17.6 Å². The summed E-state index contributed by atoms with van der Waals surface area (Å²) in [7, 11) is -4.03. The molecule has 8 heteroatoms. The molecule has 150 valence electrons. The molecule has 0 aliphatic rings. The van der Waals surface area contributed by atoms with E-state index >= 15 is 0 Å². The number of sulfonamides is 1. The normalized spacial score (nSPS) is 11.1. The first-order chi connectivity index (χ1) is 13.8. The maximum absolute atomic E-state index is 13.2. The molecule has 0 fully saturated rings. The number of anilines is 2. The lowest BCUT2D eigenvalue weighted by atomic mass is 10.2. The molecule has 0 heterocycles. The van der Waals surface area contributed by atoms with Gasteiger partial charge in [0.15, 0.2) is 0 Å². The summed E-state index contributed by atoms with van der Waals surface area (Å²) in [6.07, 6.45) is 0. The summed E-state index contributed by atoms with van der Waals surface area (Å²) in [5, 5.41) is 2.91. The summed E-state index contributed by atoms with van der Waals surface area (Å²) in [5.74, 6) is -1.02. The highest BCUT2D eigenvalue weighted by atomic mass is 35.5. The fraction of sp³-hybridized carbons (Fsp3) is 0.0952. The lowest BCUT2D eigenvalue weighted by molar-refractivity contribution is -0.114. The lowest BCUT2D eigenvalue weighted by Crippen LogP contribution is -2.38. The van der Waals surface area contributed by atoms with Gasteiger partial charge in [-0.05, 0) is 61.5 Å². The second kappa shape index (κ2) is 8.63. The summed E-state index contributed by atoms with van der Waals surface area (Å²) >= 11 is 6.03. The lowest BCUT2D eigenvalue weighted by Gasteiger charge is -2.24. The van der Waals surface area contributed by atoms with Crippen LogP contribution in [-0.2, 0) is 14.8 Å². The Balaban J connectivity index is 1.93. The van der Waals surface area contributed by atoms with E-state index in [1.54, 1.807) is 30.3 Å². The van der Waals surface area contributed by atoms with Gasteiger partial charge in [-0.15, -0.1) is 0 Å². The molecule has 0 saturated heterocycles. The smallest absolute Gasteiger partial charge is 0.264 e. The van der Waals surface area contributed by atoms with Gasteiger partial charge in [-0.2, -0.15) is 0 Å². The van der Waals surface area contributed by atoms with Gasteiger partial charge in [0, 0.05) is 10.7 Å². The zero-order valence-electron chi connectivity index (χ0n) is 15.5. The number of aryl methyl sites for hydroxylation is 1. The van der Waals surface area contributed by atoms with Crippen molar-refractivity contribution >= 4 is 38.9 Å². The van der Waals surface area contributed by atoms with E-state index in [2.05, 4.69) is 5.32 Å². The Labute approximate surface area is 173 Å². The van der Waals surface area contributed by atoms with Crippen molar-refractivity contribution in [2.75, 3.05) is 16.2 Å². The second-order valence-corrected chi connectivity index (χ2v) is 8.66. The third-order valence-electron chi connectivity index (χ3n) is 4.12. The van der Waals surface area contributed by atoms with Crippen molar-refractivity contribution in [1.82, 2.24) is 0 Å². The van der Waals surface area contributed by atoms with Crippen LogP contribution in [0.1, 0.15) is 5.56 Å². The molecule has 3 aromatic carbocycles. The molecule has 0 radical (unpaired) electrons. The summed E-state index contributed by atoms with van der Waals surface area (Å²) in [6, 6.07) is 17.8.